The maximum Gasteiger partial charge on any atom is 0.413 e. The number of aromatic nitrogens is 2. The fourth-order valence-corrected chi connectivity index (χ4v) is 5.06. The van der Waals surface area contributed by atoms with E-state index in [0.717, 1.165) is 24.1 Å². The van der Waals surface area contributed by atoms with Crippen molar-refractivity contribution in [1.29, 1.82) is 0 Å². The predicted octanol–water partition coefficient (Wildman–Crippen LogP) is 5.32. The molecule has 0 spiro atoms. The van der Waals surface area contributed by atoms with Crippen molar-refractivity contribution in [1.82, 2.24) is 14.7 Å². The van der Waals surface area contributed by atoms with Crippen LogP contribution in [-0.4, -0.2) is 38.6 Å². The van der Waals surface area contributed by atoms with Gasteiger partial charge in [0.15, 0.2) is 0 Å². The lowest BCUT2D eigenvalue weighted by Crippen LogP contribution is -2.38. The summed E-state index contributed by atoms with van der Waals surface area (Å²) in [5, 5.41) is 7.68. The Hall–Kier alpha value is -3.94. The third kappa shape index (κ3) is 4.51. The van der Waals surface area contributed by atoms with Crippen LogP contribution in [0.5, 0.6) is 0 Å². The Morgan fingerprint density at radius 2 is 1.64 bits per heavy atom. The van der Waals surface area contributed by atoms with Gasteiger partial charge in [-0.3, -0.25) is 19.8 Å². The molecule has 3 aromatic rings. The van der Waals surface area contributed by atoms with Gasteiger partial charge < -0.3 is 4.74 Å². The van der Waals surface area contributed by atoms with Crippen molar-refractivity contribution in [3.63, 3.8) is 0 Å². The van der Waals surface area contributed by atoms with Gasteiger partial charge in [-0.1, -0.05) is 42.5 Å². The molecule has 2 aromatic carbocycles. The molecule has 36 heavy (non-hydrogen) atoms. The number of imide groups is 1. The molecule has 0 bridgehead atoms. The minimum absolute atomic E-state index is 0.0730. The van der Waals surface area contributed by atoms with Crippen molar-refractivity contribution in [2.75, 3.05) is 5.32 Å². The zero-order chi connectivity index (χ0) is 25.4. The van der Waals surface area contributed by atoms with Gasteiger partial charge in [0.05, 0.1) is 22.4 Å². The van der Waals surface area contributed by atoms with Crippen LogP contribution in [0.1, 0.15) is 77.9 Å². The molecule has 1 aliphatic carbocycles. The third-order valence-electron chi connectivity index (χ3n) is 6.82. The number of ether oxygens (including phenoxy) is 1. The van der Waals surface area contributed by atoms with Crippen LogP contribution in [0.4, 0.5) is 10.6 Å². The molecule has 2 aliphatic rings. The van der Waals surface area contributed by atoms with Crippen molar-refractivity contribution in [3.8, 4) is 0 Å². The molecule has 2 unspecified atom stereocenters. The number of hydrogen-bond acceptors (Lipinski definition) is 5. The number of rotatable bonds is 5. The van der Waals surface area contributed by atoms with Crippen LogP contribution in [0, 0.1) is 0 Å². The number of benzene rings is 2. The van der Waals surface area contributed by atoms with Gasteiger partial charge in [-0.15, -0.1) is 0 Å². The van der Waals surface area contributed by atoms with Crippen molar-refractivity contribution in [2.24, 2.45) is 0 Å². The van der Waals surface area contributed by atoms with Gasteiger partial charge in [0, 0.05) is 18.0 Å². The second kappa shape index (κ2) is 9.26. The number of carbonyl (C=O) groups is 3. The molecule has 1 aromatic heterocycles. The predicted molar refractivity (Wildman–Crippen MR) is 135 cm³/mol. The van der Waals surface area contributed by atoms with Crippen LogP contribution >= 0.6 is 0 Å². The highest BCUT2D eigenvalue weighted by atomic mass is 16.5. The lowest BCUT2D eigenvalue weighted by atomic mass is 10.0. The van der Waals surface area contributed by atoms with Gasteiger partial charge in [0.1, 0.15) is 12.4 Å². The second-order valence-corrected chi connectivity index (χ2v) is 10.4. The van der Waals surface area contributed by atoms with Gasteiger partial charge in [0.2, 0.25) is 0 Å². The van der Waals surface area contributed by atoms with Crippen molar-refractivity contribution >= 4 is 23.7 Å². The van der Waals surface area contributed by atoms with Crippen LogP contribution in [0.15, 0.2) is 60.7 Å². The van der Waals surface area contributed by atoms with Crippen LogP contribution in [0.25, 0.3) is 0 Å². The molecule has 1 N–H and O–H groups in total. The summed E-state index contributed by atoms with van der Waals surface area (Å²) in [5.74, 6) is 0.193. The van der Waals surface area contributed by atoms with Gasteiger partial charge in [-0.25, -0.2) is 9.48 Å². The van der Waals surface area contributed by atoms with Gasteiger partial charge >= 0.3 is 6.09 Å². The zero-order valence-corrected chi connectivity index (χ0v) is 20.7. The van der Waals surface area contributed by atoms with E-state index in [0.29, 0.717) is 23.4 Å². The molecular weight excluding hydrogens is 456 g/mol. The zero-order valence-electron chi connectivity index (χ0n) is 20.7. The Kier molecular flexibility index (Phi) is 6.12. The summed E-state index contributed by atoms with van der Waals surface area (Å²) >= 11 is 0. The fourth-order valence-electron chi connectivity index (χ4n) is 5.06. The number of nitrogens with zero attached hydrogens (tertiary/aromatic N) is 3. The first-order valence-electron chi connectivity index (χ1n) is 12.3. The molecule has 1 aliphatic heterocycles. The van der Waals surface area contributed by atoms with Crippen molar-refractivity contribution < 1.29 is 19.1 Å². The van der Waals surface area contributed by atoms with E-state index in [1.54, 1.807) is 28.9 Å². The summed E-state index contributed by atoms with van der Waals surface area (Å²) in [4.78, 5) is 39.8. The molecule has 0 saturated heterocycles. The molecule has 2 atom stereocenters. The second-order valence-electron chi connectivity index (χ2n) is 10.4. The molecule has 3 amide bonds. The van der Waals surface area contributed by atoms with Crippen LogP contribution in [0.3, 0.4) is 0 Å². The van der Waals surface area contributed by atoms with Crippen molar-refractivity contribution in [2.45, 2.75) is 64.1 Å². The van der Waals surface area contributed by atoms with E-state index in [1.807, 2.05) is 57.2 Å². The topological polar surface area (TPSA) is 93.5 Å². The summed E-state index contributed by atoms with van der Waals surface area (Å²) < 4.78 is 7.19. The molecule has 1 fully saturated rings. The van der Waals surface area contributed by atoms with E-state index in [1.165, 1.54) is 4.90 Å². The highest BCUT2D eigenvalue weighted by Crippen LogP contribution is 2.40. The maximum absolute atomic E-state index is 12.9. The molecular formula is C28H30N4O4. The number of carbonyl (C=O) groups excluding carboxylic acids is 3. The average Bonchev–Trinajstić information content (AvgIpc) is 3.56. The first-order chi connectivity index (χ1) is 17.2. The van der Waals surface area contributed by atoms with E-state index in [9.17, 15) is 14.4 Å². The molecule has 1 saturated carbocycles. The molecule has 5 rings (SSSR count). The standard InChI is InChI=1S/C28H30N4O4/c1-28(2,3)32-24(29-27(35)36-17-18-9-5-4-6-10-18)16-23(30-32)19-13-14-20(15-19)31-25(33)21-11-7-8-12-22(21)26(31)34/h4-12,16,19-20H,13-15,17H2,1-3H3,(H,29,35). The Labute approximate surface area is 210 Å². The highest BCUT2D eigenvalue weighted by Gasteiger charge is 2.43. The first-order valence-corrected chi connectivity index (χ1v) is 12.3. The van der Waals surface area contributed by atoms with E-state index in [-0.39, 0.29) is 35.9 Å². The Morgan fingerprint density at radius 1 is 1.00 bits per heavy atom. The average molecular weight is 487 g/mol. The largest absolute Gasteiger partial charge is 0.444 e. The molecule has 8 heteroatoms. The quantitative estimate of drug-likeness (QED) is 0.493. The number of hydrogen-bond donors (Lipinski definition) is 1. The van der Waals surface area contributed by atoms with Crippen LogP contribution in [0.2, 0.25) is 0 Å². The Morgan fingerprint density at radius 3 is 2.28 bits per heavy atom. The van der Waals surface area contributed by atoms with E-state index < -0.39 is 6.09 Å². The summed E-state index contributed by atoms with van der Waals surface area (Å²) in [6, 6.07) is 18.2. The van der Waals surface area contributed by atoms with Gasteiger partial charge in [0.25, 0.3) is 11.8 Å². The van der Waals surface area contributed by atoms with Gasteiger partial charge in [-0.05, 0) is 57.7 Å². The monoisotopic (exact) mass is 486 g/mol. The summed E-state index contributed by atoms with van der Waals surface area (Å²) in [5.41, 5.74) is 2.32. The molecule has 8 nitrogen and oxygen atoms in total. The summed E-state index contributed by atoms with van der Waals surface area (Å²) in [6.45, 7) is 6.22. The van der Waals surface area contributed by atoms with Crippen LogP contribution in [-0.2, 0) is 16.9 Å². The Balaban J connectivity index is 1.30. The summed E-state index contributed by atoms with van der Waals surface area (Å²) in [7, 11) is 0. The number of amides is 3. The molecule has 0 radical (unpaired) electrons. The Bertz CT molecular complexity index is 1270. The lowest BCUT2D eigenvalue weighted by molar-refractivity contribution is 0.0586. The van der Waals surface area contributed by atoms with E-state index >= 15 is 0 Å². The third-order valence-corrected chi connectivity index (χ3v) is 6.82. The SMILES string of the molecule is CC(C)(C)n1nc(C2CCC(N3C(=O)c4ccccc4C3=O)C2)cc1NC(=O)OCc1ccccc1. The minimum Gasteiger partial charge on any atom is -0.444 e. The first kappa shape index (κ1) is 23.8. The van der Waals surface area contributed by atoms with E-state index in [2.05, 4.69) is 5.32 Å². The summed E-state index contributed by atoms with van der Waals surface area (Å²) in [6.07, 6.45) is 1.62. The fraction of sp³-hybridized carbons (Fsp3) is 0.357. The molecule has 186 valence electrons. The van der Waals surface area contributed by atoms with Crippen molar-refractivity contribution in [3.05, 3.63) is 83.0 Å². The maximum atomic E-state index is 12.9. The van der Waals surface area contributed by atoms with Crippen LogP contribution < -0.4 is 5.32 Å². The number of fused-ring (bicyclic) bond motifs is 1. The highest BCUT2D eigenvalue weighted by molar-refractivity contribution is 6.21. The normalized spacial score (nSPS) is 19.5. The molecule has 2 heterocycles. The van der Waals surface area contributed by atoms with E-state index in [4.69, 9.17) is 9.84 Å². The number of nitrogens with one attached hydrogen (secondary N) is 1. The lowest BCUT2D eigenvalue weighted by Gasteiger charge is -2.22. The van der Waals surface area contributed by atoms with Gasteiger partial charge in [-0.2, -0.15) is 5.10 Å². The smallest absolute Gasteiger partial charge is 0.413 e. The number of anilines is 1. The minimum atomic E-state index is -0.550.